The molecular weight excluding hydrogens is 292 g/mol. The van der Waals surface area contributed by atoms with E-state index in [9.17, 15) is 10.1 Å². The second kappa shape index (κ2) is 7.58. The van der Waals surface area contributed by atoms with Gasteiger partial charge in [0.05, 0.1) is 6.54 Å². The molecule has 0 radical (unpaired) electrons. The van der Waals surface area contributed by atoms with Crippen LogP contribution in [0.4, 0.5) is 0 Å². The number of carbonyl (C=O) groups is 1. The van der Waals surface area contributed by atoms with Crippen LogP contribution in [0.15, 0.2) is 47.4 Å². The summed E-state index contributed by atoms with van der Waals surface area (Å²) < 4.78 is 0. The van der Waals surface area contributed by atoms with Crippen LogP contribution in [0.3, 0.4) is 0 Å². The van der Waals surface area contributed by atoms with Crippen LogP contribution in [-0.2, 0) is 11.3 Å². The molecule has 1 aromatic heterocycles. The number of nitriles is 1. The van der Waals surface area contributed by atoms with Crippen LogP contribution < -0.4 is 5.32 Å². The predicted octanol–water partition coefficient (Wildman–Crippen LogP) is 4.09. The molecule has 0 atom stereocenters. The Bertz CT molecular complexity index is 692. The van der Waals surface area contributed by atoms with E-state index in [1.54, 1.807) is 17.4 Å². The maximum absolute atomic E-state index is 12.1. The Labute approximate surface area is 134 Å². The lowest BCUT2D eigenvalue weighted by Gasteiger charge is -2.05. The van der Waals surface area contributed by atoms with Crippen molar-refractivity contribution in [2.24, 2.45) is 0 Å². The lowest BCUT2D eigenvalue weighted by Crippen LogP contribution is -2.23. The maximum Gasteiger partial charge on any atom is 0.262 e. The van der Waals surface area contributed by atoms with E-state index in [1.807, 2.05) is 47.8 Å². The van der Waals surface area contributed by atoms with Gasteiger partial charge < -0.3 is 5.32 Å². The number of benzene rings is 1. The van der Waals surface area contributed by atoms with Crippen molar-refractivity contribution in [1.29, 1.82) is 5.26 Å². The Morgan fingerprint density at radius 2 is 2.05 bits per heavy atom. The molecule has 0 unspecified atom stereocenters. The smallest absolute Gasteiger partial charge is 0.262 e. The fourth-order valence-corrected chi connectivity index (χ4v) is 2.61. The SMILES string of the molecule is CC(C)c1ccc(/C=C(/C#N)C(=O)NCc2cccs2)cc1. The van der Waals surface area contributed by atoms with Crippen LogP contribution in [0.5, 0.6) is 0 Å². The van der Waals surface area contributed by atoms with E-state index in [-0.39, 0.29) is 11.5 Å². The molecule has 0 fully saturated rings. The molecule has 2 aromatic rings. The van der Waals surface area contributed by atoms with Crippen LogP contribution in [0.1, 0.15) is 35.8 Å². The Morgan fingerprint density at radius 3 is 2.59 bits per heavy atom. The molecule has 4 heteroatoms. The first-order valence-corrected chi connectivity index (χ1v) is 8.00. The van der Waals surface area contributed by atoms with Crippen molar-refractivity contribution >= 4 is 23.3 Å². The number of nitrogens with zero attached hydrogens (tertiary/aromatic N) is 1. The molecular formula is C18H18N2OS. The topological polar surface area (TPSA) is 52.9 Å². The van der Waals surface area contributed by atoms with Gasteiger partial charge in [0.25, 0.3) is 5.91 Å². The average molecular weight is 310 g/mol. The van der Waals surface area contributed by atoms with Crippen molar-refractivity contribution in [3.63, 3.8) is 0 Å². The third kappa shape index (κ3) is 4.31. The minimum Gasteiger partial charge on any atom is -0.347 e. The number of hydrogen-bond acceptors (Lipinski definition) is 3. The molecule has 0 spiro atoms. The van der Waals surface area contributed by atoms with E-state index in [1.165, 1.54) is 5.56 Å². The van der Waals surface area contributed by atoms with Crippen LogP contribution in [0.2, 0.25) is 0 Å². The van der Waals surface area contributed by atoms with Crippen molar-refractivity contribution in [3.8, 4) is 6.07 Å². The van der Waals surface area contributed by atoms with Gasteiger partial charge in [-0.2, -0.15) is 5.26 Å². The molecule has 0 aliphatic heterocycles. The molecule has 22 heavy (non-hydrogen) atoms. The highest BCUT2D eigenvalue weighted by molar-refractivity contribution is 7.09. The van der Waals surface area contributed by atoms with Gasteiger partial charge in [0.2, 0.25) is 0 Å². The summed E-state index contributed by atoms with van der Waals surface area (Å²) in [5, 5.41) is 13.9. The zero-order chi connectivity index (χ0) is 15.9. The third-order valence-electron chi connectivity index (χ3n) is 3.28. The van der Waals surface area contributed by atoms with Crippen molar-refractivity contribution in [3.05, 3.63) is 63.4 Å². The number of hydrogen-bond donors (Lipinski definition) is 1. The maximum atomic E-state index is 12.1. The van der Waals surface area contributed by atoms with Crippen LogP contribution >= 0.6 is 11.3 Å². The molecule has 0 saturated carbocycles. The molecule has 1 amide bonds. The van der Waals surface area contributed by atoms with Crippen molar-refractivity contribution < 1.29 is 4.79 Å². The van der Waals surface area contributed by atoms with Crippen molar-refractivity contribution in [2.45, 2.75) is 26.3 Å². The summed E-state index contributed by atoms with van der Waals surface area (Å²) in [4.78, 5) is 13.1. The quantitative estimate of drug-likeness (QED) is 0.668. The molecule has 0 saturated heterocycles. The van der Waals surface area contributed by atoms with Gasteiger partial charge in [-0.1, -0.05) is 44.2 Å². The molecule has 0 bridgehead atoms. The van der Waals surface area contributed by atoms with Gasteiger partial charge in [0, 0.05) is 4.88 Å². The lowest BCUT2D eigenvalue weighted by molar-refractivity contribution is -0.117. The van der Waals surface area contributed by atoms with E-state index in [4.69, 9.17) is 0 Å². The Kier molecular flexibility index (Phi) is 5.51. The highest BCUT2D eigenvalue weighted by atomic mass is 32.1. The van der Waals surface area contributed by atoms with Crippen molar-refractivity contribution in [1.82, 2.24) is 5.32 Å². The standard InChI is InChI=1S/C18H18N2OS/c1-13(2)15-7-5-14(6-8-15)10-16(11-19)18(21)20-12-17-4-3-9-22-17/h3-10,13H,12H2,1-2H3,(H,20,21)/b16-10-. The summed E-state index contributed by atoms with van der Waals surface area (Å²) in [6, 6.07) is 13.8. The summed E-state index contributed by atoms with van der Waals surface area (Å²) >= 11 is 1.58. The van der Waals surface area contributed by atoms with E-state index in [0.29, 0.717) is 12.5 Å². The van der Waals surface area contributed by atoms with Gasteiger partial charge >= 0.3 is 0 Å². The monoisotopic (exact) mass is 310 g/mol. The zero-order valence-electron chi connectivity index (χ0n) is 12.7. The van der Waals surface area contributed by atoms with E-state index >= 15 is 0 Å². The normalized spacial score (nSPS) is 11.3. The minimum absolute atomic E-state index is 0.119. The first kappa shape index (κ1) is 16.0. The van der Waals surface area contributed by atoms with Crippen molar-refractivity contribution in [2.75, 3.05) is 0 Å². The highest BCUT2D eigenvalue weighted by Crippen LogP contribution is 2.16. The highest BCUT2D eigenvalue weighted by Gasteiger charge is 2.09. The van der Waals surface area contributed by atoms with Gasteiger partial charge in [-0.25, -0.2) is 0 Å². The second-order valence-corrected chi connectivity index (χ2v) is 6.29. The third-order valence-corrected chi connectivity index (χ3v) is 4.16. The zero-order valence-corrected chi connectivity index (χ0v) is 13.5. The molecule has 1 aromatic carbocycles. The first-order valence-electron chi connectivity index (χ1n) is 7.12. The van der Waals surface area contributed by atoms with Gasteiger partial charge in [-0.15, -0.1) is 11.3 Å². The summed E-state index contributed by atoms with van der Waals surface area (Å²) in [7, 11) is 0. The second-order valence-electron chi connectivity index (χ2n) is 5.25. The molecule has 3 nitrogen and oxygen atoms in total. The molecule has 1 N–H and O–H groups in total. The fraction of sp³-hybridized carbons (Fsp3) is 0.222. The number of carbonyl (C=O) groups excluding carboxylic acids is 1. The summed E-state index contributed by atoms with van der Waals surface area (Å²) in [5.74, 6) is 0.117. The predicted molar refractivity (Wildman–Crippen MR) is 90.3 cm³/mol. The Hall–Kier alpha value is -2.38. The lowest BCUT2D eigenvalue weighted by atomic mass is 10.0. The molecule has 2 rings (SSSR count). The van der Waals surface area contributed by atoms with Crippen LogP contribution in [0.25, 0.3) is 6.08 Å². The van der Waals surface area contributed by atoms with E-state index in [2.05, 4.69) is 19.2 Å². The van der Waals surface area contributed by atoms with Crippen LogP contribution in [0, 0.1) is 11.3 Å². The Balaban J connectivity index is 2.06. The summed E-state index contributed by atoms with van der Waals surface area (Å²) in [5.41, 5.74) is 2.21. The first-order chi connectivity index (χ1) is 10.6. The summed E-state index contributed by atoms with van der Waals surface area (Å²) in [6.07, 6.45) is 1.62. The largest absolute Gasteiger partial charge is 0.347 e. The minimum atomic E-state index is -0.344. The number of thiophene rings is 1. The van der Waals surface area contributed by atoms with Gasteiger partial charge in [-0.05, 0) is 34.6 Å². The number of nitrogens with one attached hydrogen (secondary N) is 1. The Morgan fingerprint density at radius 1 is 1.32 bits per heavy atom. The van der Waals surface area contributed by atoms with Crippen LogP contribution in [-0.4, -0.2) is 5.91 Å². The van der Waals surface area contributed by atoms with Gasteiger partial charge in [-0.3, -0.25) is 4.79 Å². The molecule has 0 aliphatic carbocycles. The van der Waals surface area contributed by atoms with E-state index in [0.717, 1.165) is 10.4 Å². The summed E-state index contributed by atoms with van der Waals surface area (Å²) in [6.45, 7) is 4.70. The number of rotatable bonds is 5. The van der Waals surface area contributed by atoms with E-state index < -0.39 is 0 Å². The molecule has 112 valence electrons. The molecule has 1 heterocycles. The number of amides is 1. The average Bonchev–Trinajstić information content (AvgIpc) is 3.04. The molecule has 0 aliphatic rings. The van der Waals surface area contributed by atoms with Gasteiger partial charge in [0.15, 0.2) is 0 Å². The fourth-order valence-electron chi connectivity index (χ4n) is 1.97. The van der Waals surface area contributed by atoms with Gasteiger partial charge in [0.1, 0.15) is 11.6 Å².